The van der Waals surface area contributed by atoms with Crippen molar-refractivity contribution in [3.8, 4) is 5.75 Å². The van der Waals surface area contributed by atoms with Gasteiger partial charge < -0.3 is 10.5 Å². The molecule has 2 aromatic heterocycles. The summed E-state index contributed by atoms with van der Waals surface area (Å²) < 4.78 is 5.51. The molecular weight excluding hydrogens is 262 g/mol. The van der Waals surface area contributed by atoms with Crippen molar-refractivity contribution < 1.29 is 9.53 Å². The van der Waals surface area contributed by atoms with E-state index in [1.165, 1.54) is 17.5 Å². The zero-order valence-electron chi connectivity index (χ0n) is 10.8. The van der Waals surface area contributed by atoms with Gasteiger partial charge in [0.25, 0.3) is 0 Å². The van der Waals surface area contributed by atoms with Crippen molar-refractivity contribution in [2.24, 2.45) is 0 Å². The molecule has 0 bridgehead atoms. The summed E-state index contributed by atoms with van der Waals surface area (Å²) in [6, 6.07) is 1.70. The van der Waals surface area contributed by atoms with Gasteiger partial charge in [-0.25, -0.2) is 4.98 Å². The predicted molar refractivity (Wildman–Crippen MR) is 74.6 cm³/mol. The van der Waals surface area contributed by atoms with E-state index in [2.05, 4.69) is 9.97 Å². The molecule has 0 unspecified atom stereocenters. The molecular formula is C13H15N3O2S. The van der Waals surface area contributed by atoms with Gasteiger partial charge in [0.05, 0.1) is 24.4 Å². The fourth-order valence-electron chi connectivity index (χ4n) is 1.58. The monoisotopic (exact) mass is 277 g/mol. The highest BCUT2D eigenvalue weighted by atomic mass is 32.1. The maximum atomic E-state index is 12.1. The van der Waals surface area contributed by atoms with Crippen molar-refractivity contribution in [1.82, 2.24) is 9.97 Å². The summed E-state index contributed by atoms with van der Waals surface area (Å²) in [7, 11) is 0. The first-order chi connectivity index (χ1) is 9.04. The van der Waals surface area contributed by atoms with E-state index in [0.717, 1.165) is 0 Å². The van der Waals surface area contributed by atoms with Crippen LogP contribution in [0.5, 0.6) is 5.75 Å². The largest absolute Gasteiger partial charge is 0.489 e. The van der Waals surface area contributed by atoms with Crippen LogP contribution in [0, 0.1) is 0 Å². The molecule has 0 atom stereocenters. The van der Waals surface area contributed by atoms with Gasteiger partial charge in [0.2, 0.25) is 0 Å². The van der Waals surface area contributed by atoms with Crippen LogP contribution in [0.15, 0.2) is 23.8 Å². The third kappa shape index (κ3) is 3.75. The maximum Gasteiger partial charge on any atom is 0.180 e. The third-order valence-corrected chi connectivity index (χ3v) is 3.04. The minimum absolute atomic E-state index is 0.0468. The van der Waals surface area contributed by atoms with E-state index in [1.807, 2.05) is 13.8 Å². The second-order valence-corrected chi connectivity index (χ2v) is 5.24. The Morgan fingerprint density at radius 1 is 1.47 bits per heavy atom. The molecule has 0 aliphatic heterocycles. The van der Waals surface area contributed by atoms with E-state index in [4.69, 9.17) is 10.5 Å². The van der Waals surface area contributed by atoms with Crippen LogP contribution in [0.4, 0.5) is 5.13 Å². The quantitative estimate of drug-likeness (QED) is 0.849. The number of pyridine rings is 1. The van der Waals surface area contributed by atoms with Gasteiger partial charge in [-0.3, -0.25) is 9.78 Å². The van der Waals surface area contributed by atoms with Crippen molar-refractivity contribution >= 4 is 22.3 Å². The van der Waals surface area contributed by atoms with Crippen LogP contribution >= 0.6 is 11.3 Å². The molecule has 0 aromatic carbocycles. The number of aromatic nitrogens is 2. The second-order valence-electron chi connectivity index (χ2n) is 4.35. The Hall–Kier alpha value is -1.95. The molecule has 0 fully saturated rings. The molecule has 2 heterocycles. The van der Waals surface area contributed by atoms with E-state index in [0.29, 0.717) is 22.1 Å². The van der Waals surface area contributed by atoms with Crippen LogP contribution in [-0.2, 0) is 6.42 Å². The lowest BCUT2D eigenvalue weighted by molar-refractivity contribution is 0.0991. The van der Waals surface area contributed by atoms with E-state index in [-0.39, 0.29) is 18.3 Å². The Kier molecular flexibility index (Phi) is 4.11. The zero-order valence-corrected chi connectivity index (χ0v) is 11.6. The van der Waals surface area contributed by atoms with Crippen molar-refractivity contribution in [2.75, 3.05) is 5.73 Å². The Morgan fingerprint density at radius 2 is 2.26 bits per heavy atom. The highest BCUT2D eigenvalue weighted by molar-refractivity contribution is 7.13. The molecule has 19 heavy (non-hydrogen) atoms. The number of ketones is 1. The number of nitrogen functional groups attached to an aromatic ring is 1. The molecule has 0 spiro atoms. The molecule has 0 aliphatic carbocycles. The first-order valence-electron chi connectivity index (χ1n) is 5.89. The summed E-state index contributed by atoms with van der Waals surface area (Å²) >= 11 is 1.33. The molecule has 2 aromatic rings. The topological polar surface area (TPSA) is 78.1 Å². The molecule has 0 saturated carbocycles. The second kappa shape index (κ2) is 5.79. The number of hydrogen-bond donors (Lipinski definition) is 1. The van der Waals surface area contributed by atoms with Gasteiger partial charge in [-0.1, -0.05) is 0 Å². The molecule has 0 amide bonds. The van der Waals surface area contributed by atoms with Gasteiger partial charge in [-0.05, 0) is 19.9 Å². The minimum atomic E-state index is -0.0491. The third-order valence-electron chi connectivity index (χ3n) is 2.32. The molecule has 2 rings (SSSR count). The minimum Gasteiger partial charge on any atom is -0.489 e. The fourth-order valence-corrected chi connectivity index (χ4v) is 2.14. The summed E-state index contributed by atoms with van der Waals surface area (Å²) in [4.78, 5) is 20.2. The Balaban J connectivity index is 2.10. The van der Waals surface area contributed by atoms with E-state index in [9.17, 15) is 4.79 Å². The number of nitrogens with zero attached hydrogens (tertiary/aromatic N) is 2. The highest BCUT2D eigenvalue weighted by Gasteiger charge is 2.11. The SMILES string of the molecule is CC(C)Oc1cncc(C(=O)Cc2csc(N)n2)c1. The maximum absolute atomic E-state index is 12.1. The lowest BCUT2D eigenvalue weighted by Crippen LogP contribution is -2.08. The van der Waals surface area contributed by atoms with Crippen molar-refractivity contribution in [1.29, 1.82) is 0 Å². The zero-order chi connectivity index (χ0) is 13.8. The van der Waals surface area contributed by atoms with Crippen molar-refractivity contribution in [2.45, 2.75) is 26.4 Å². The number of rotatable bonds is 5. The average Bonchev–Trinajstić information content (AvgIpc) is 2.74. The van der Waals surface area contributed by atoms with Crippen LogP contribution in [0.25, 0.3) is 0 Å². The van der Waals surface area contributed by atoms with Crippen LogP contribution in [-0.4, -0.2) is 21.9 Å². The number of carbonyl (C=O) groups is 1. The lowest BCUT2D eigenvalue weighted by atomic mass is 10.1. The number of Topliss-reactive ketones (excluding diaryl/α,β-unsaturated/α-hetero) is 1. The van der Waals surface area contributed by atoms with Crippen LogP contribution in [0.3, 0.4) is 0 Å². The van der Waals surface area contributed by atoms with Gasteiger partial charge in [0.15, 0.2) is 10.9 Å². The Labute approximate surface area is 115 Å². The first kappa shape index (κ1) is 13.5. The molecule has 0 aliphatic rings. The summed E-state index contributed by atoms with van der Waals surface area (Å²) in [6.45, 7) is 3.85. The number of carbonyl (C=O) groups excluding carboxylic acids is 1. The van der Waals surface area contributed by atoms with Crippen molar-refractivity contribution in [3.63, 3.8) is 0 Å². The number of hydrogen-bond acceptors (Lipinski definition) is 6. The Bertz CT molecular complexity index is 581. The summed E-state index contributed by atoms with van der Waals surface area (Å²) in [5, 5.41) is 2.26. The van der Waals surface area contributed by atoms with Crippen LogP contribution < -0.4 is 10.5 Å². The van der Waals surface area contributed by atoms with Gasteiger partial charge in [0.1, 0.15) is 5.75 Å². The fraction of sp³-hybridized carbons (Fsp3) is 0.308. The first-order valence-corrected chi connectivity index (χ1v) is 6.77. The number of thiazole rings is 1. The van der Waals surface area contributed by atoms with Crippen LogP contribution in [0.1, 0.15) is 29.9 Å². The summed E-state index contributed by atoms with van der Waals surface area (Å²) in [5.74, 6) is 0.547. The summed E-state index contributed by atoms with van der Waals surface area (Å²) in [5.41, 5.74) is 6.74. The highest BCUT2D eigenvalue weighted by Crippen LogP contribution is 2.16. The van der Waals surface area contributed by atoms with Gasteiger partial charge in [-0.2, -0.15) is 0 Å². The Morgan fingerprint density at radius 3 is 2.89 bits per heavy atom. The molecule has 100 valence electrons. The molecule has 0 radical (unpaired) electrons. The van der Waals surface area contributed by atoms with Crippen LogP contribution in [0.2, 0.25) is 0 Å². The standard InChI is InChI=1S/C13H15N3O2S/c1-8(2)18-11-3-9(5-15-6-11)12(17)4-10-7-19-13(14)16-10/h3,5-8H,4H2,1-2H3,(H2,14,16). The number of ether oxygens (including phenoxy) is 1. The predicted octanol–water partition coefficient (Wildman–Crippen LogP) is 2.33. The number of nitrogens with two attached hydrogens (primary N) is 1. The summed E-state index contributed by atoms with van der Waals surface area (Å²) in [6.07, 6.45) is 3.40. The molecule has 6 heteroatoms. The molecule has 0 saturated heterocycles. The molecule has 2 N–H and O–H groups in total. The van der Waals surface area contributed by atoms with E-state index in [1.54, 1.807) is 17.6 Å². The normalized spacial score (nSPS) is 10.7. The van der Waals surface area contributed by atoms with Gasteiger partial charge in [0, 0.05) is 17.1 Å². The van der Waals surface area contributed by atoms with Gasteiger partial charge >= 0.3 is 0 Å². The van der Waals surface area contributed by atoms with E-state index >= 15 is 0 Å². The average molecular weight is 277 g/mol. The molecule has 5 nitrogen and oxygen atoms in total. The smallest absolute Gasteiger partial charge is 0.180 e. The number of anilines is 1. The van der Waals surface area contributed by atoms with Gasteiger partial charge in [-0.15, -0.1) is 11.3 Å². The van der Waals surface area contributed by atoms with Crippen molar-refractivity contribution in [3.05, 3.63) is 35.1 Å². The van der Waals surface area contributed by atoms with E-state index < -0.39 is 0 Å². The lowest BCUT2D eigenvalue weighted by Gasteiger charge is -2.09.